The third kappa shape index (κ3) is 2.15. The quantitative estimate of drug-likeness (QED) is 0.787. The van der Waals surface area contributed by atoms with Gasteiger partial charge in [0.05, 0.1) is 11.9 Å². The molecule has 1 aliphatic heterocycles. The van der Waals surface area contributed by atoms with Gasteiger partial charge in [0.1, 0.15) is 0 Å². The standard InChI is InChI=1S/C11H20N4/c1-4-11(2)9-15(6-5-12-11)10-7-13-14(3)8-10/h7-8,12H,4-6,9H2,1-3H3. The number of aryl methyl sites for hydroxylation is 1. The van der Waals surface area contributed by atoms with Gasteiger partial charge in [-0.3, -0.25) is 4.68 Å². The van der Waals surface area contributed by atoms with Crippen LogP contribution in [0.3, 0.4) is 0 Å². The molecule has 84 valence electrons. The van der Waals surface area contributed by atoms with Crippen molar-refractivity contribution in [3.8, 4) is 0 Å². The summed E-state index contributed by atoms with van der Waals surface area (Å²) in [6.07, 6.45) is 5.19. The number of piperazine rings is 1. The van der Waals surface area contributed by atoms with Crippen LogP contribution in [0.5, 0.6) is 0 Å². The molecule has 0 amide bonds. The van der Waals surface area contributed by atoms with Gasteiger partial charge >= 0.3 is 0 Å². The zero-order chi connectivity index (χ0) is 10.9. The third-order valence-corrected chi connectivity index (χ3v) is 3.31. The van der Waals surface area contributed by atoms with Crippen LogP contribution >= 0.6 is 0 Å². The molecule has 1 aliphatic rings. The lowest BCUT2D eigenvalue weighted by Crippen LogP contribution is -2.58. The van der Waals surface area contributed by atoms with Gasteiger partial charge in [-0.15, -0.1) is 0 Å². The van der Waals surface area contributed by atoms with E-state index in [2.05, 4.69) is 35.4 Å². The van der Waals surface area contributed by atoms with Crippen molar-refractivity contribution in [2.45, 2.75) is 25.8 Å². The van der Waals surface area contributed by atoms with Crippen molar-refractivity contribution in [1.82, 2.24) is 15.1 Å². The molecule has 0 radical (unpaired) electrons. The van der Waals surface area contributed by atoms with Gasteiger partial charge in [0.15, 0.2) is 0 Å². The van der Waals surface area contributed by atoms with Gasteiger partial charge < -0.3 is 10.2 Å². The maximum atomic E-state index is 4.22. The van der Waals surface area contributed by atoms with Crippen LogP contribution in [-0.4, -0.2) is 35.0 Å². The minimum atomic E-state index is 0.244. The Morgan fingerprint density at radius 1 is 1.60 bits per heavy atom. The number of hydrogen-bond donors (Lipinski definition) is 1. The average Bonchev–Trinajstić information content (AvgIpc) is 2.65. The van der Waals surface area contributed by atoms with Crippen molar-refractivity contribution in [1.29, 1.82) is 0 Å². The first-order chi connectivity index (χ1) is 7.13. The summed E-state index contributed by atoms with van der Waals surface area (Å²) in [4.78, 5) is 2.41. The third-order valence-electron chi connectivity index (χ3n) is 3.31. The molecule has 0 aliphatic carbocycles. The first kappa shape index (κ1) is 10.5. The molecule has 1 saturated heterocycles. The summed E-state index contributed by atoms with van der Waals surface area (Å²) in [6, 6.07) is 0. The van der Waals surface area contributed by atoms with Gasteiger partial charge in [0.2, 0.25) is 0 Å². The Kier molecular flexibility index (Phi) is 2.69. The molecule has 15 heavy (non-hydrogen) atoms. The molecular formula is C11H20N4. The molecule has 1 aromatic rings. The van der Waals surface area contributed by atoms with E-state index in [0.717, 1.165) is 26.1 Å². The molecule has 0 aromatic carbocycles. The fourth-order valence-corrected chi connectivity index (χ4v) is 2.08. The predicted octanol–water partition coefficient (Wildman–Crippen LogP) is 0.998. The number of nitrogens with one attached hydrogen (secondary N) is 1. The number of anilines is 1. The summed E-state index contributed by atoms with van der Waals surface area (Å²) in [7, 11) is 1.96. The van der Waals surface area contributed by atoms with E-state index in [-0.39, 0.29) is 5.54 Å². The SMILES string of the molecule is CCC1(C)CN(c2cnn(C)c2)CCN1. The topological polar surface area (TPSA) is 33.1 Å². The van der Waals surface area contributed by atoms with Gasteiger partial charge in [-0.05, 0) is 13.3 Å². The Hall–Kier alpha value is -1.03. The van der Waals surface area contributed by atoms with Crippen LogP contribution < -0.4 is 10.2 Å². The molecule has 2 heterocycles. The average molecular weight is 208 g/mol. The Balaban J connectivity index is 2.11. The summed E-state index contributed by atoms with van der Waals surface area (Å²) < 4.78 is 1.86. The summed E-state index contributed by atoms with van der Waals surface area (Å²) in [5.74, 6) is 0. The fourth-order valence-electron chi connectivity index (χ4n) is 2.08. The fraction of sp³-hybridized carbons (Fsp3) is 0.727. The second kappa shape index (κ2) is 3.85. The number of rotatable bonds is 2. The van der Waals surface area contributed by atoms with Crippen LogP contribution in [0, 0.1) is 0 Å². The molecule has 1 unspecified atom stereocenters. The van der Waals surface area contributed by atoms with Crippen molar-refractivity contribution >= 4 is 5.69 Å². The van der Waals surface area contributed by atoms with E-state index >= 15 is 0 Å². The van der Waals surface area contributed by atoms with E-state index in [0.29, 0.717) is 0 Å². The monoisotopic (exact) mass is 208 g/mol. The van der Waals surface area contributed by atoms with Gasteiger partial charge in [0.25, 0.3) is 0 Å². The zero-order valence-electron chi connectivity index (χ0n) is 9.82. The highest BCUT2D eigenvalue weighted by molar-refractivity contribution is 5.43. The summed E-state index contributed by atoms with van der Waals surface area (Å²) in [5, 5.41) is 7.80. The second-order valence-corrected chi connectivity index (χ2v) is 4.63. The van der Waals surface area contributed by atoms with E-state index in [9.17, 15) is 0 Å². The normalized spacial score (nSPS) is 27.0. The highest BCUT2D eigenvalue weighted by atomic mass is 15.3. The van der Waals surface area contributed by atoms with Crippen molar-refractivity contribution in [2.24, 2.45) is 7.05 Å². The van der Waals surface area contributed by atoms with Crippen LogP contribution in [-0.2, 0) is 7.05 Å². The Labute approximate surface area is 91.3 Å². The number of nitrogens with zero attached hydrogens (tertiary/aromatic N) is 3. The summed E-state index contributed by atoms with van der Waals surface area (Å²) in [6.45, 7) is 7.71. The Bertz CT molecular complexity index is 333. The first-order valence-electron chi connectivity index (χ1n) is 5.61. The van der Waals surface area contributed by atoms with E-state index in [1.807, 2.05) is 17.9 Å². The molecule has 4 heteroatoms. The lowest BCUT2D eigenvalue weighted by molar-refractivity contribution is 0.314. The van der Waals surface area contributed by atoms with Crippen LogP contribution in [0.15, 0.2) is 12.4 Å². The largest absolute Gasteiger partial charge is 0.366 e. The smallest absolute Gasteiger partial charge is 0.0753 e. The van der Waals surface area contributed by atoms with E-state index in [1.54, 1.807) is 0 Å². The van der Waals surface area contributed by atoms with Crippen LogP contribution in [0.4, 0.5) is 5.69 Å². The molecule has 0 spiro atoms. The second-order valence-electron chi connectivity index (χ2n) is 4.63. The minimum Gasteiger partial charge on any atom is -0.366 e. The predicted molar refractivity (Wildman–Crippen MR) is 62.1 cm³/mol. The Morgan fingerprint density at radius 2 is 2.40 bits per heavy atom. The molecule has 1 N–H and O–H groups in total. The van der Waals surface area contributed by atoms with E-state index in [1.165, 1.54) is 5.69 Å². The number of hydrogen-bond acceptors (Lipinski definition) is 3. The zero-order valence-corrected chi connectivity index (χ0v) is 9.82. The molecule has 0 saturated carbocycles. The molecule has 1 atom stereocenters. The maximum Gasteiger partial charge on any atom is 0.0753 e. The summed E-state index contributed by atoms with van der Waals surface area (Å²) in [5.41, 5.74) is 1.48. The highest BCUT2D eigenvalue weighted by Crippen LogP contribution is 2.20. The Morgan fingerprint density at radius 3 is 3.00 bits per heavy atom. The molecular weight excluding hydrogens is 188 g/mol. The van der Waals surface area contributed by atoms with Gasteiger partial charge in [-0.2, -0.15) is 5.10 Å². The first-order valence-corrected chi connectivity index (χ1v) is 5.61. The van der Waals surface area contributed by atoms with Crippen molar-refractivity contribution < 1.29 is 0 Å². The number of aromatic nitrogens is 2. The molecule has 4 nitrogen and oxygen atoms in total. The lowest BCUT2D eigenvalue weighted by Gasteiger charge is -2.41. The maximum absolute atomic E-state index is 4.22. The van der Waals surface area contributed by atoms with Crippen molar-refractivity contribution in [3.05, 3.63) is 12.4 Å². The van der Waals surface area contributed by atoms with Crippen molar-refractivity contribution in [2.75, 3.05) is 24.5 Å². The van der Waals surface area contributed by atoms with Gasteiger partial charge in [-0.1, -0.05) is 6.92 Å². The van der Waals surface area contributed by atoms with Gasteiger partial charge in [-0.25, -0.2) is 0 Å². The van der Waals surface area contributed by atoms with Crippen LogP contribution in [0.1, 0.15) is 20.3 Å². The van der Waals surface area contributed by atoms with E-state index < -0.39 is 0 Å². The lowest BCUT2D eigenvalue weighted by atomic mass is 9.96. The minimum absolute atomic E-state index is 0.244. The molecule has 2 rings (SSSR count). The van der Waals surface area contributed by atoms with Crippen LogP contribution in [0.25, 0.3) is 0 Å². The summed E-state index contributed by atoms with van der Waals surface area (Å²) >= 11 is 0. The van der Waals surface area contributed by atoms with Crippen molar-refractivity contribution in [3.63, 3.8) is 0 Å². The molecule has 1 fully saturated rings. The van der Waals surface area contributed by atoms with E-state index in [4.69, 9.17) is 0 Å². The molecule has 1 aromatic heterocycles. The highest BCUT2D eigenvalue weighted by Gasteiger charge is 2.29. The molecule has 0 bridgehead atoms. The van der Waals surface area contributed by atoms with Gasteiger partial charge in [0, 0.05) is 38.4 Å². The van der Waals surface area contributed by atoms with Crippen LogP contribution in [0.2, 0.25) is 0 Å².